The molecule has 16 heteroatoms. The van der Waals surface area contributed by atoms with Crippen molar-refractivity contribution in [2.75, 3.05) is 145 Å². The molecule has 0 heterocycles. The highest BCUT2D eigenvalue weighted by atomic mass is 16.6. The Kier molecular flexibility index (Phi) is 42.7. The average molecular weight is 771 g/mol. The number of hydrogen-bond donors (Lipinski definition) is 1. The Hall–Kier alpha value is -1.99. The van der Waals surface area contributed by atoms with Crippen LogP contribution >= 0.6 is 0 Å². The third kappa shape index (κ3) is 46.1. The fraction of sp³-hybridized carbons (Fsp3) is 0.919. The van der Waals surface area contributed by atoms with Gasteiger partial charge in [-0.05, 0) is 19.3 Å². The van der Waals surface area contributed by atoms with E-state index in [0.717, 1.165) is 12.8 Å². The number of esters is 2. The Balaban J connectivity index is 3.13. The van der Waals surface area contributed by atoms with E-state index in [1.807, 2.05) is 0 Å². The zero-order valence-electron chi connectivity index (χ0n) is 32.4. The lowest BCUT2D eigenvalue weighted by Crippen LogP contribution is -2.16. The number of hydrogen-bond acceptors (Lipinski definition) is 15. The van der Waals surface area contributed by atoms with Gasteiger partial charge in [0.2, 0.25) is 0 Å². The van der Waals surface area contributed by atoms with Crippen molar-refractivity contribution in [1.29, 1.82) is 0 Å². The van der Waals surface area contributed by atoms with Crippen LogP contribution in [0.5, 0.6) is 0 Å². The van der Waals surface area contributed by atoms with Crippen LogP contribution in [0.3, 0.4) is 0 Å². The maximum Gasteiger partial charge on any atom is 0.305 e. The first-order valence-corrected chi connectivity index (χ1v) is 19.4. The van der Waals surface area contributed by atoms with E-state index in [1.165, 1.54) is 25.7 Å². The van der Waals surface area contributed by atoms with Crippen molar-refractivity contribution in [2.24, 2.45) is 0 Å². The predicted molar refractivity (Wildman–Crippen MR) is 194 cm³/mol. The number of rotatable bonds is 45. The normalized spacial score (nSPS) is 11.3. The molecule has 0 radical (unpaired) electrons. The van der Waals surface area contributed by atoms with Gasteiger partial charge in [0.15, 0.2) is 0 Å². The summed E-state index contributed by atoms with van der Waals surface area (Å²) in [5.41, 5.74) is 0. The molecule has 314 valence electrons. The lowest BCUT2D eigenvalue weighted by Gasteiger charge is -2.09. The fourth-order valence-corrected chi connectivity index (χ4v) is 4.25. The summed E-state index contributed by atoms with van der Waals surface area (Å²) in [7, 11) is 0. The lowest BCUT2D eigenvalue weighted by atomic mass is 10.1. The van der Waals surface area contributed by atoms with Gasteiger partial charge in [0.25, 0.3) is 0 Å². The molecule has 1 N–H and O–H groups in total. The van der Waals surface area contributed by atoms with Gasteiger partial charge in [-0.15, -0.1) is 0 Å². The Bertz CT molecular complexity index is 788. The molecule has 0 saturated heterocycles. The van der Waals surface area contributed by atoms with E-state index in [2.05, 4.69) is 6.92 Å². The summed E-state index contributed by atoms with van der Waals surface area (Å²) in [5.74, 6) is -1.37. The summed E-state index contributed by atoms with van der Waals surface area (Å²) in [5, 5.41) is 8.56. The molecule has 0 bridgehead atoms. The molecule has 53 heavy (non-hydrogen) atoms. The molecule has 0 saturated carbocycles. The number of aliphatic carboxylic acids is 1. The van der Waals surface area contributed by atoms with Crippen LogP contribution in [-0.2, 0) is 71.2 Å². The van der Waals surface area contributed by atoms with Crippen LogP contribution in [0.2, 0.25) is 0 Å². The molecule has 0 aliphatic heterocycles. The van der Waals surface area contributed by atoms with Crippen LogP contribution in [0.25, 0.3) is 0 Å². The fourth-order valence-electron chi connectivity index (χ4n) is 4.25. The van der Waals surface area contributed by atoms with E-state index in [1.54, 1.807) is 0 Å². The smallest absolute Gasteiger partial charge is 0.305 e. The highest BCUT2D eigenvalue weighted by Crippen LogP contribution is 2.07. The monoisotopic (exact) mass is 770 g/mol. The molecule has 0 unspecified atom stereocenters. The second-order valence-electron chi connectivity index (χ2n) is 11.7. The molecule has 0 amide bonds. The quantitative estimate of drug-likeness (QED) is 0.0699. The van der Waals surface area contributed by atoms with Crippen LogP contribution in [0.15, 0.2) is 0 Å². The minimum atomic E-state index is -0.865. The molecule has 0 atom stereocenters. The highest BCUT2D eigenvalue weighted by Gasteiger charge is 2.05. The zero-order chi connectivity index (χ0) is 38.6. The topological polar surface area (TPSA) is 182 Å². The van der Waals surface area contributed by atoms with Gasteiger partial charge in [0, 0.05) is 19.3 Å². The zero-order valence-corrected chi connectivity index (χ0v) is 32.4. The van der Waals surface area contributed by atoms with Gasteiger partial charge >= 0.3 is 17.9 Å². The van der Waals surface area contributed by atoms with E-state index in [0.29, 0.717) is 145 Å². The molecular formula is C37H70O16. The summed E-state index contributed by atoms with van der Waals surface area (Å²) >= 11 is 0. The second kappa shape index (κ2) is 44.4. The average Bonchev–Trinajstić information content (AvgIpc) is 3.14. The van der Waals surface area contributed by atoms with E-state index in [-0.39, 0.29) is 44.6 Å². The first-order valence-electron chi connectivity index (χ1n) is 19.4. The number of carbonyl (C=O) groups is 3. The summed E-state index contributed by atoms with van der Waals surface area (Å²) in [4.78, 5) is 33.6. The van der Waals surface area contributed by atoms with E-state index >= 15 is 0 Å². The molecule has 0 rings (SSSR count). The van der Waals surface area contributed by atoms with Crippen molar-refractivity contribution in [1.82, 2.24) is 0 Å². The van der Waals surface area contributed by atoms with Crippen molar-refractivity contribution < 1.29 is 76.3 Å². The van der Waals surface area contributed by atoms with E-state index < -0.39 is 5.97 Å². The van der Waals surface area contributed by atoms with Crippen LogP contribution < -0.4 is 0 Å². The Morgan fingerprint density at radius 3 is 0.830 bits per heavy atom. The van der Waals surface area contributed by atoms with Gasteiger partial charge in [-0.1, -0.05) is 39.0 Å². The van der Waals surface area contributed by atoms with Crippen molar-refractivity contribution in [2.45, 2.75) is 77.6 Å². The molecule has 0 fully saturated rings. The first-order chi connectivity index (χ1) is 26.1. The molecule has 16 nitrogen and oxygen atoms in total. The number of ether oxygens (including phenoxy) is 12. The summed E-state index contributed by atoms with van der Waals surface area (Å²) in [6, 6.07) is 0. The summed E-state index contributed by atoms with van der Waals surface area (Å²) < 4.78 is 64.6. The maximum absolute atomic E-state index is 11.7. The summed E-state index contributed by atoms with van der Waals surface area (Å²) in [6.07, 6.45) is 8.60. The minimum Gasteiger partial charge on any atom is -0.481 e. The van der Waals surface area contributed by atoms with Crippen LogP contribution in [0.1, 0.15) is 77.6 Å². The molecule has 0 aromatic carbocycles. The van der Waals surface area contributed by atoms with Gasteiger partial charge < -0.3 is 61.9 Å². The largest absolute Gasteiger partial charge is 0.481 e. The molecular weight excluding hydrogens is 700 g/mol. The van der Waals surface area contributed by atoms with Gasteiger partial charge in [0.05, 0.1) is 132 Å². The van der Waals surface area contributed by atoms with Crippen molar-refractivity contribution >= 4 is 17.9 Å². The SMILES string of the molecule is CCCCCCCCC(=O)OCCOCCOCCOCCOCCOCCOCCOCCOCCOCCOCCOC(=O)CCCCC(=O)O. The highest BCUT2D eigenvalue weighted by molar-refractivity contribution is 5.70. The first kappa shape index (κ1) is 51.0. The molecule has 0 spiro atoms. The predicted octanol–water partition coefficient (Wildman–Crippen LogP) is 3.63. The third-order valence-corrected chi connectivity index (χ3v) is 7.09. The molecule has 0 aromatic heterocycles. The van der Waals surface area contributed by atoms with Crippen LogP contribution in [0.4, 0.5) is 0 Å². The second-order valence-corrected chi connectivity index (χ2v) is 11.7. The number of carbonyl (C=O) groups excluding carboxylic acids is 2. The number of unbranched alkanes of at least 4 members (excludes halogenated alkanes) is 6. The van der Waals surface area contributed by atoms with Crippen LogP contribution in [0, 0.1) is 0 Å². The van der Waals surface area contributed by atoms with Crippen molar-refractivity contribution in [3.05, 3.63) is 0 Å². The minimum absolute atomic E-state index is 0.0573. The van der Waals surface area contributed by atoms with E-state index in [9.17, 15) is 14.4 Å². The Labute approximate surface area is 317 Å². The third-order valence-electron chi connectivity index (χ3n) is 7.09. The van der Waals surface area contributed by atoms with Crippen molar-refractivity contribution in [3.63, 3.8) is 0 Å². The number of carboxylic acids is 1. The Morgan fingerprint density at radius 2 is 0.547 bits per heavy atom. The van der Waals surface area contributed by atoms with Gasteiger partial charge in [0.1, 0.15) is 13.2 Å². The van der Waals surface area contributed by atoms with Gasteiger partial charge in [-0.25, -0.2) is 0 Å². The van der Waals surface area contributed by atoms with E-state index in [4.69, 9.17) is 61.9 Å². The maximum atomic E-state index is 11.7. The van der Waals surface area contributed by atoms with Crippen molar-refractivity contribution in [3.8, 4) is 0 Å². The molecule has 0 aromatic rings. The summed E-state index contributed by atoms with van der Waals surface area (Å²) in [6.45, 7) is 11.5. The Morgan fingerprint density at radius 1 is 0.321 bits per heavy atom. The standard InChI is InChI=1S/C37H70O16/c1-2-3-4-5-6-7-11-36(40)52-33-31-50-29-27-48-25-23-46-21-19-44-17-15-42-13-14-43-16-18-45-20-22-47-24-26-49-28-30-51-32-34-53-37(41)12-9-8-10-35(38)39/h2-34H2,1H3,(H,38,39). The molecule has 0 aliphatic carbocycles. The van der Waals surface area contributed by atoms with Gasteiger partial charge in [-0.3, -0.25) is 14.4 Å². The molecule has 0 aliphatic rings. The number of carboxylic acid groups (broad SMARTS) is 1. The van der Waals surface area contributed by atoms with Crippen LogP contribution in [-0.4, -0.2) is 168 Å². The lowest BCUT2D eigenvalue weighted by molar-refractivity contribution is -0.146. The van der Waals surface area contributed by atoms with Gasteiger partial charge in [-0.2, -0.15) is 0 Å².